The Bertz CT molecular complexity index is 759. The molecule has 0 aliphatic carbocycles. The predicted octanol–water partition coefficient (Wildman–Crippen LogP) is 3.73. The van der Waals surface area contributed by atoms with E-state index in [2.05, 4.69) is 11.9 Å². The monoisotopic (exact) mass is 295 g/mol. The fourth-order valence-electron chi connectivity index (χ4n) is 2.13. The lowest BCUT2D eigenvalue weighted by molar-refractivity contribution is -0.129. The highest BCUT2D eigenvalue weighted by Crippen LogP contribution is 2.19. The summed E-state index contributed by atoms with van der Waals surface area (Å²) in [5.41, 5.74) is 2.92. The van der Waals surface area contributed by atoms with Gasteiger partial charge in [0.1, 0.15) is 5.82 Å². The summed E-state index contributed by atoms with van der Waals surface area (Å²) in [6.45, 7) is 2.08. The molecule has 0 saturated heterocycles. The van der Waals surface area contributed by atoms with Gasteiger partial charge in [0.05, 0.1) is 0 Å². The van der Waals surface area contributed by atoms with E-state index >= 15 is 0 Å². The molecule has 1 aliphatic heterocycles. The number of aryl methyl sites for hydroxylation is 1. The normalized spacial score (nSPS) is 15.8. The third-order valence-electron chi connectivity index (χ3n) is 3.40. The highest BCUT2D eigenvalue weighted by Gasteiger charge is 2.24. The van der Waals surface area contributed by atoms with Gasteiger partial charge in [0, 0.05) is 5.56 Å². The second-order valence-electron chi connectivity index (χ2n) is 4.94. The van der Waals surface area contributed by atoms with Crippen LogP contribution in [0.3, 0.4) is 0 Å². The van der Waals surface area contributed by atoms with E-state index in [9.17, 15) is 9.18 Å². The largest absolute Gasteiger partial charge is 0.402 e. The molecular weight excluding hydrogens is 281 g/mol. The third kappa shape index (κ3) is 2.96. The number of carbonyl (C=O) groups excluding carboxylic acids is 1. The minimum atomic E-state index is -0.501. The molecule has 22 heavy (non-hydrogen) atoms. The summed E-state index contributed by atoms with van der Waals surface area (Å²) in [7, 11) is 0. The van der Waals surface area contributed by atoms with Gasteiger partial charge in [0.25, 0.3) is 0 Å². The van der Waals surface area contributed by atoms with Crippen LogP contribution in [0.5, 0.6) is 0 Å². The Balaban J connectivity index is 1.88. The van der Waals surface area contributed by atoms with Crippen LogP contribution in [0.2, 0.25) is 0 Å². The number of hydrogen-bond acceptors (Lipinski definition) is 3. The van der Waals surface area contributed by atoms with Crippen molar-refractivity contribution in [3.63, 3.8) is 0 Å². The Morgan fingerprint density at radius 1 is 1.09 bits per heavy atom. The predicted molar refractivity (Wildman–Crippen MR) is 82.8 cm³/mol. The zero-order chi connectivity index (χ0) is 15.5. The number of hydrogen-bond donors (Lipinski definition) is 0. The van der Waals surface area contributed by atoms with E-state index in [0.717, 1.165) is 12.0 Å². The zero-order valence-electron chi connectivity index (χ0n) is 12.0. The fourth-order valence-corrected chi connectivity index (χ4v) is 2.13. The summed E-state index contributed by atoms with van der Waals surface area (Å²) >= 11 is 0. The molecule has 3 nitrogen and oxygen atoms in total. The molecule has 1 heterocycles. The van der Waals surface area contributed by atoms with Crippen LogP contribution in [0.4, 0.5) is 4.39 Å². The average Bonchev–Trinajstić information content (AvgIpc) is 2.90. The van der Waals surface area contributed by atoms with Crippen molar-refractivity contribution in [1.82, 2.24) is 0 Å². The van der Waals surface area contributed by atoms with Gasteiger partial charge in [-0.1, -0.05) is 31.2 Å². The van der Waals surface area contributed by atoms with Crippen LogP contribution in [0, 0.1) is 5.82 Å². The van der Waals surface area contributed by atoms with Gasteiger partial charge in [0.2, 0.25) is 5.90 Å². The van der Waals surface area contributed by atoms with Crippen LogP contribution >= 0.6 is 0 Å². The number of nitrogens with zero attached hydrogens (tertiary/aromatic N) is 1. The molecule has 0 bridgehead atoms. The van der Waals surface area contributed by atoms with Gasteiger partial charge in [-0.05, 0) is 47.9 Å². The Kier molecular flexibility index (Phi) is 3.83. The Labute approximate surface area is 127 Å². The van der Waals surface area contributed by atoms with E-state index < -0.39 is 5.97 Å². The van der Waals surface area contributed by atoms with Crippen LogP contribution < -0.4 is 0 Å². The number of benzene rings is 2. The molecule has 0 N–H and O–H groups in total. The molecule has 110 valence electrons. The standard InChI is InChI=1S/C18H14FNO2/c1-2-12-3-5-13(6-4-12)11-16-18(21)22-17(20-16)14-7-9-15(19)10-8-14/h3-11H,2H2,1H3/b16-11-. The van der Waals surface area contributed by atoms with Crippen molar-refractivity contribution in [2.24, 2.45) is 4.99 Å². The Hall–Kier alpha value is -2.75. The van der Waals surface area contributed by atoms with Crippen molar-refractivity contribution < 1.29 is 13.9 Å². The minimum Gasteiger partial charge on any atom is -0.402 e. The number of carbonyl (C=O) groups is 1. The molecule has 0 fully saturated rings. The molecular formula is C18H14FNO2. The number of rotatable bonds is 3. The van der Waals surface area contributed by atoms with E-state index in [1.54, 1.807) is 6.08 Å². The summed E-state index contributed by atoms with van der Waals surface area (Å²) in [5, 5.41) is 0. The number of cyclic esters (lactones) is 1. The number of aliphatic imine (C=N–C) groups is 1. The maximum atomic E-state index is 12.9. The molecule has 0 saturated carbocycles. The molecule has 0 spiro atoms. The number of esters is 1. The Morgan fingerprint density at radius 3 is 2.41 bits per heavy atom. The van der Waals surface area contributed by atoms with Crippen LogP contribution in [0.1, 0.15) is 23.6 Å². The SMILES string of the molecule is CCc1ccc(/C=C2\N=C(c3ccc(F)cc3)OC2=O)cc1. The molecule has 0 atom stereocenters. The van der Waals surface area contributed by atoms with Gasteiger partial charge < -0.3 is 4.74 Å². The van der Waals surface area contributed by atoms with Gasteiger partial charge in [-0.3, -0.25) is 0 Å². The van der Waals surface area contributed by atoms with Crippen molar-refractivity contribution in [2.75, 3.05) is 0 Å². The van der Waals surface area contributed by atoms with E-state index in [4.69, 9.17) is 4.74 Å². The highest BCUT2D eigenvalue weighted by molar-refractivity contribution is 6.12. The third-order valence-corrected chi connectivity index (χ3v) is 3.40. The second kappa shape index (κ2) is 5.93. The van der Waals surface area contributed by atoms with Crippen molar-refractivity contribution >= 4 is 17.9 Å². The molecule has 0 radical (unpaired) electrons. The van der Waals surface area contributed by atoms with Gasteiger partial charge >= 0.3 is 5.97 Å². The molecule has 4 heteroatoms. The lowest BCUT2D eigenvalue weighted by Crippen LogP contribution is -2.05. The highest BCUT2D eigenvalue weighted by atomic mass is 19.1. The summed E-state index contributed by atoms with van der Waals surface area (Å²) in [6, 6.07) is 13.6. The topological polar surface area (TPSA) is 38.7 Å². The summed E-state index contributed by atoms with van der Waals surface area (Å²) in [6.07, 6.45) is 2.64. The van der Waals surface area contributed by atoms with Crippen LogP contribution in [0.15, 0.2) is 59.2 Å². The summed E-state index contributed by atoms with van der Waals surface area (Å²) in [4.78, 5) is 16.1. The first-order valence-electron chi connectivity index (χ1n) is 7.03. The second-order valence-corrected chi connectivity index (χ2v) is 4.94. The number of ether oxygens (including phenoxy) is 1. The van der Waals surface area contributed by atoms with Crippen LogP contribution in [0.25, 0.3) is 6.08 Å². The Morgan fingerprint density at radius 2 is 1.77 bits per heavy atom. The average molecular weight is 295 g/mol. The first kappa shape index (κ1) is 14.2. The van der Waals surface area contributed by atoms with Crippen molar-refractivity contribution in [2.45, 2.75) is 13.3 Å². The molecule has 0 amide bonds. The quantitative estimate of drug-likeness (QED) is 0.639. The van der Waals surface area contributed by atoms with Crippen LogP contribution in [-0.4, -0.2) is 11.9 Å². The molecule has 2 aromatic carbocycles. The van der Waals surface area contributed by atoms with Crippen molar-refractivity contribution in [3.05, 3.63) is 76.7 Å². The molecule has 3 rings (SSSR count). The minimum absolute atomic E-state index is 0.196. The summed E-state index contributed by atoms with van der Waals surface area (Å²) in [5.74, 6) is -0.652. The van der Waals surface area contributed by atoms with E-state index in [0.29, 0.717) is 5.56 Å². The lowest BCUT2D eigenvalue weighted by atomic mass is 10.1. The zero-order valence-corrected chi connectivity index (χ0v) is 12.0. The number of halogens is 1. The maximum Gasteiger partial charge on any atom is 0.363 e. The molecule has 0 aromatic heterocycles. The van der Waals surface area contributed by atoms with Gasteiger partial charge in [-0.25, -0.2) is 14.2 Å². The smallest absolute Gasteiger partial charge is 0.363 e. The molecule has 0 unspecified atom stereocenters. The van der Waals surface area contributed by atoms with Gasteiger partial charge in [-0.2, -0.15) is 0 Å². The first-order valence-corrected chi connectivity index (χ1v) is 7.03. The summed E-state index contributed by atoms with van der Waals surface area (Å²) < 4.78 is 18.1. The lowest BCUT2D eigenvalue weighted by Gasteiger charge is -1.98. The fraction of sp³-hybridized carbons (Fsp3) is 0.111. The van der Waals surface area contributed by atoms with Crippen molar-refractivity contribution in [3.8, 4) is 0 Å². The van der Waals surface area contributed by atoms with Gasteiger partial charge in [-0.15, -0.1) is 0 Å². The van der Waals surface area contributed by atoms with E-state index in [-0.39, 0.29) is 17.4 Å². The van der Waals surface area contributed by atoms with E-state index in [1.165, 1.54) is 29.8 Å². The molecule has 1 aliphatic rings. The van der Waals surface area contributed by atoms with Crippen molar-refractivity contribution in [1.29, 1.82) is 0 Å². The van der Waals surface area contributed by atoms with Gasteiger partial charge in [0.15, 0.2) is 5.70 Å². The maximum absolute atomic E-state index is 12.9. The first-order chi connectivity index (χ1) is 10.7. The van der Waals surface area contributed by atoms with Crippen LogP contribution in [-0.2, 0) is 16.0 Å². The van der Waals surface area contributed by atoms with E-state index in [1.807, 2.05) is 24.3 Å². The molecule has 2 aromatic rings.